The average Bonchev–Trinajstić information content (AvgIpc) is 2.49. The van der Waals surface area contributed by atoms with Gasteiger partial charge in [0.05, 0.1) is 0 Å². The lowest BCUT2D eigenvalue weighted by Crippen LogP contribution is -2.31. The van der Waals surface area contributed by atoms with E-state index in [2.05, 4.69) is 44.0 Å². The Hall–Kier alpha value is -0.430. The molecule has 0 aromatic heterocycles. The van der Waals surface area contributed by atoms with Crippen LogP contribution in [0.2, 0.25) is 0 Å². The van der Waals surface area contributed by atoms with Gasteiger partial charge in [-0.15, -0.1) is 12.4 Å². The van der Waals surface area contributed by atoms with E-state index in [1.165, 1.54) is 82.7 Å². The standard InChI is InChI=1S/C20H37N.ClH/c1-4-5-6-7-8-9-10-11-12-13-14-17-21-18-15-16-19(2)20(21)3;/h15-16,18,20H,4-14,17H2,1-3H3;1H. The Morgan fingerprint density at radius 2 is 1.36 bits per heavy atom. The molecule has 0 saturated carbocycles. The summed E-state index contributed by atoms with van der Waals surface area (Å²) in [5.74, 6) is 0. The third kappa shape index (κ3) is 9.56. The molecule has 1 rings (SSSR count). The first-order valence-electron chi connectivity index (χ1n) is 9.36. The number of hydrogen-bond acceptors (Lipinski definition) is 1. The Labute approximate surface area is 145 Å². The largest absolute Gasteiger partial charge is 0.371 e. The van der Waals surface area contributed by atoms with Crippen LogP contribution in [0.15, 0.2) is 23.9 Å². The number of allylic oxidation sites excluding steroid dienone is 2. The maximum Gasteiger partial charge on any atom is 0.0468 e. The van der Waals surface area contributed by atoms with Gasteiger partial charge in [0.25, 0.3) is 0 Å². The lowest BCUT2D eigenvalue weighted by molar-refractivity contribution is 0.311. The zero-order chi connectivity index (χ0) is 15.3. The van der Waals surface area contributed by atoms with E-state index >= 15 is 0 Å². The summed E-state index contributed by atoms with van der Waals surface area (Å²) in [5.41, 5.74) is 1.49. The molecule has 0 radical (unpaired) electrons. The smallest absolute Gasteiger partial charge is 0.0468 e. The molecule has 0 fully saturated rings. The van der Waals surface area contributed by atoms with Gasteiger partial charge in [-0.3, -0.25) is 0 Å². The third-order valence-corrected chi connectivity index (χ3v) is 4.81. The number of halogens is 1. The second kappa shape index (κ2) is 14.2. The predicted octanol–water partition coefficient (Wildman–Crippen LogP) is 6.88. The molecule has 0 N–H and O–H groups in total. The van der Waals surface area contributed by atoms with Gasteiger partial charge in [-0.25, -0.2) is 0 Å². The maximum absolute atomic E-state index is 2.49. The van der Waals surface area contributed by atoms with Gasteiger partial charge < -0.3 is 4.90 Å². The molecule has 0 aromatic rings. The van der Waals surface area contributed by atoms with Crippen LogP contribution in [0.25, 0.3) is 0 Å². The van der Waals surface area contributed by atoms with Crippen LogP contribution in [0.5, 0.6) is 0 Å². The first-order chi connectivity index (χ1) is 10.3. The molecule has 0 amide bonds. The number of nitrogens with zero attached hydrogens (tertiary/aromatic N) is 1. The Morgan fingerprint density at radius 1 is 0.864 bits per heavy atom. The molecule has 0 aliphatic carbocycles. The van der Waals surface area contributed by atoms with Crippen LogP contribution in [0.4, 0.5) is 0 Å². The summed E-state index contributed by atoms with van der Waals surface area (Å²) < 4.78 is 0. The minimum absolute atomic E-state index is 0. The zero-order valence-corrected chi connectivity index (χ0v) is 16.0. The molecule has 1 nitrogen and oxygen atoms in total. The molecule has 0 spiro atoms. The fourth-order valence-electron chi connectivity index (χ4n) is 3.06. The monoisotopic (exact) mass is 327 g/mol. The molecule has 0 bridgehead atoms. The molecule has 1 unspecified atom stereocenters. The normalized spacial score (nSPS) is 17.3. The molecule has 1 aliphatic rings. The van der Waals surface area contributed by atoms with Crippen LogP contribution in [-0.2, 0) is 0 Å². The molecule has 1 heterocycles. The van der Waals surface area contributed by atoms with Gasteiger partial charge >= 0.3 is 0 Å². The van der Waals surface area contributed by atoms with E-state index in [1.807, 2.05) is 0 Å². The quantitative estimate of drug-likeness (QED) is 0.353. The third-order valence-electron chi connectivity index (χ3n) is 4.81. The fourth-order valence-corrected chi connectivity index (χ4v) is 3.06. The van der Waals surface area contributed by atoms with Gasteiger partial charge in [-0.2, -0.15) is 0 Å². The van der Waals surface area contributed by atoms with Crippen LogP contribution < -0.4 is 0 Å². The Morgan fingerprint density at radius 3 is 1.91 bits per heavy atom. The van der Waals surface area contributed by atoms with Crippen molar-refractivity contribution in [1.82, 2.24) is 4.90 Å². The minimum atomic E-state index is 0. The van der Waals surface area contributed by atoms with Crippen molar-refractivity contribution in [1.29, 1.82) is 0 Å². The summed E-state index contributed by atoms with van der Waals surface area (Å²) in [6.45, 7) is 8.06. The van der Waals surface area contributed by atoms with Gasteiger partial charge in [-0.1, -0.05) is 82.8 Å². The van der Waals surface area contributed by atoms with E-state index in [0.717, 1.165) is 0 Å². The molecular formula is C20H38ClN. The van der Waals surface area contributed by atoms with Crippen molar-refractivity contribution >= 4 is 12.4 Å². The second-order valence-electron chi connectivity index (χ2n) is 6.70. The van der Waals surface area contributed by atoms with Crippen LogP contribution in [0.3, 0.4) is 0 Å². The van der Waals surface area contributed by atoms with Crippen molar-refractivity contribution < 1.29 is 0 Å². The van der Waals surface area contributed by atoms with Crippen molar-refractivity contribution in [3.05, 3.63) is 23.9 Å². The topological polar surface area (TPSA) is 3.24 Å². The predicted molar refractivity (Wildman–Crippen MR) is 103 cm³/mol. The lowest BCUT2D eigenvalue weighted by Gasteiger charge is -2.30. The Balaban J connectivity index is 0.00000441. The first kappa shape index (κ1) is 21.6. The van der Waals surface area contributed by atoms with Gasteiger partial charge in [0.2, 0.25) is 0 Å². The van der Waals surface area contributed by atoms with E-state index in [1.54, 1.807) is 0 Å². The summed E-state index contributed by atoms with van der Waals surface area (Å²) in [6, 6.07) is 0.595. The van der Waals surface area contributed by atoms with Crippen molar-refractivity contribution in [2.24, 2.45) is 0 Å². The molecule has 1 atom stereocenters. The van der Waals surface area contributed by atoms with Crippen LogP contribution >= 0.6 is 12.4 Å². The van der Waals surface area contributed by atoms with E-state index < -0.39 is 0 Å². The summed E-state index contributed by atoms with van der Waals surface area (Å²) in [6.07, 6.45) is 22.4. The van der Waals surface area contributed by atoms with Gasteiger partial charge in [0.15, 0.2) is 0 Å². The van der Waals surface area contributed by atoms with Crippen LogP contribution in [0.1, 0.15) is 91.4 Å². The number of unbranched alkanes of at least 4 members (excludes halogenated alkanes) is 10. The Kier molecular flexibility index (Phi) is 13.9. The highest BCUT2D eigenvalue weighted by molar-refractivity contribution is 5.85. The van der Waals surface area contributed by atoms with E-state index in [9.17, 15) is 0 Å². The number of hydrogen-bond donors (Lipinski definition) is 0. The number of rotatable bonds is 12. The van der Waals surface area contributed by atoms with Gasteiger partial charge in [-0.05, 0) is 32.5 Å². The lowest BCUT2D eigenvalue weighted by atomic mass is 10.0. The van der Waals surface area contributed by atoms with E-state index in [4.69, 9.17) is 0 Å². The first-order valence-corrected chi connectivity index (χ1v) is 9.36. The molecule has 22 heavy (non-hydrogen) atoms. The zero-order valence-electron chi connectivity index (χ0n) is 15.2. The highest BCUT2D eigenvalue weighted by Crippen LogP contribution is 2.17. The average molecular weight is 328 g/mol. The van der Waals surface area contributed by atoms with E-state index in [0.29, 0.717) is 6.04 Å². The Bertz CT molecular complexity index is 309. The van der Waals surface area contributed by atoms with Gasteiger partial charge in [0, 0.05) is 12.6 Å². The molecule has 130 valence electrons. The summed E-state index contributed by atoms with van der Waals surface area (Å²) in [7, 11) is 0. The second-order valence-corrected chi connectivity index (χ2v) is 6.70. The van der Waals surface area contributed by atoms with Crippen molar-refractivity contribution in [2.45, 2.75) is 97.4 Å². The molecule has 0 aromatic carbocycles. The molecule has 0 saturated heterocycles. The van der Waals surface area contributed by atoms with Crippen molar-refractivity contribution in [3.63, 3.8) is 0 Å². The highest BCUT2D eigenvalue weighted by atomic mass is 35.5. The molecule has 2 heteroatoms. The highest BCUT2D eigenvalue weighted by Gasteiger charge is 2.13. The minimum Gasteiger partial charge on any atom is -0.371 e. The van der Waals surface area contributed by atoms with Crippen molar-refractivity contribution in [2.75, 3.05) is 6.54 Å². The van der Waals surface area contributed by atoms with Crippen molar-refractivity contribution in [3.8, 4) is 0 Å². The fraction of sp³-hybridized carbons (Fsp3) is 0.800. The van der Waals surface area contributed by atoms with Gasteiger partial charge in [0.1, 0.15) is 0 Å². The maximum atomic E-state index is 2.49. The van der Waals surface area contributed by atoms with Crippen LogP contribution in [0, 0.1) is 0 Å². The summed E-state index contributed by atoms with van der Waals surface area (Å²) >= 11 is 0. The van der Waals surface area contributed by atoms with E-state index in [-0.39, 0.29) is 12.4 Å². The molecule has 1 aliphatic heterocycles. The molecular weight excluding hydrogens is 290 g/mol. The van der Waals surface area contributed by atoms with Crippen LogP contribution in [-0.4, -0.2) is 17.5 Å². The summed E-state index contributed by atoms with van der Waals surface area (Å²) in [4.78, 5) is 2.49. The SMILES string of the molecule is CCCCCCCCCCCCCN1C=CC=C(C)C1C.Cl. The summed E-state index contributed by atoms with van der Waals surface area (Å²) in [5, 5.41) is 0.